The third-order valence-corrected chi connectivity index (χ3v) is 5.97. The maximum Gasteiger partial charge on any atom is 0.240 e. The molecule has 1 aromatic carbocycles. The quantitative estimate of drug-likeness (QED) is 0.708. The molecule has 8 heteroatoms. The van der Waals surface area contributed by atoms with E-state index in [1.54, 1.807) is 12.1 Å². The van der Waals surface area contributed by atoms with Crippen molar-refractivity contribution in [2.45, 2.75) is 43.0 Å². The van der Waals surface area contributed by atoms with Gasteiger partial charge in [-0.15, -0.1) is 12.4 Å². The number of benzene rings is 1. The second kappa shape index (κ2) is 7.82. The predicted octanol–water partition coefficient (Wildman–Crippen LogP) is 1.86. The molecule has 2 atom stereocenters. The average Bonchev–Trinajstić information content (AvgIpc) is 3.25. The topological polar surface area (TPSA) is 101 Å². The number of carbonyl (C=O) groups excluding carboxylic acids is 1. The number of hydrogen-bond donors (Lipinski definition) is 3. The van der Waals surface area contributed by atoms with Crippen LogP contribution in [0.15, 0.2) is 29.2 Å². The lowest BCUT2D eigenvalue weighted by Gasteiger charge is -2.11. The van der Waals surface area contributed by atoms with Crippen molar-refractivity contribution in [3.05, 3.63) is 24.3 Å². The zero-order valence-corrected chi connectivity index (χ0v) is 15.0. The van der Waals surface area contributed by atoms with Crippen molar-refractivity contribution < 1.29 is 13.2 Å². The van der Waals surface area contributed by atoms with Gasteiger partial charge in [0.15, 0.2) is 0 Å². The molecule has 6 nitrogen and oxygen atoms in total. The van der Waals surface area contributed by atoms with Gasteiger partial charge in [0.05, 0.1) is 4.90 Å². The van der Waals surface area contributed by atoms with Crippen molar-refractivity contribution in [2.75, 3.05) is 11.9 Å². The van der Waals surface area contributed by atoms with Gasteiger partial charge < -0.3 is 11.1 Å². The Hall–Kier alpha value is -1.15. The zero-order valence-electron chi connectivity index (χ0n) is 13.4. The number of carbonyl (C=O) groups is 1. The maximum atomic E-state index is 12.1. The molecule has 0 radical (unpaired) electrons. The van der Waals surface area contributed by atoms with Gasteiger partial charge in [-0.1, -0.05) is 0 Å². The standard InChI is InChI=1S/C16H23N3O3S.ClH/c17-13-4-3-12(9-13)16(20)19-14-5-7-15(8-6-14)23(21,22)18-10-11-1-2-11;/h5-8,11-13,18H,1-4,9-10,17H2,(H,19,20);1H. The molecule has 2 aliphatic carbocycles. The smallest absolute Gasteiger partial charge is 0.240 e. The summed E-state index contributed by atoms with van der Waals surface area (Å²) in [5, 5.41) is 2.83. The maximum absolute atomic E-state index is 12.1. The molecule has 2 fully saturated rings. The molecule has 1 amide bonds. The molecule has 0 heterocycles. The van der Waals surface area contributed by atoms with Gasteiger partial charge >= 0.3 is 0 Å². The van der Waals surface area contributed by atoms with Crippen molar-refractivity contribution in [1.82, 2.24) is 4.72 Å². The summed E-state index contributed by atoms with van der Waals surface area (Å²) in [6, 6.07) is 6.39. The first-order chi connectivity index (χ1) is 10.9. The van der Waals surface area contributed by atoms with E-state index in [4.69, 9.17) is 5.73 Å². The van der Waals surface area contributed by atoms with Crippen LogP contribution in [-0.4, -0.2) is 26.9 Å². The van der Waals surface area contributed by atoms with Crippen molar-refractivity contribution in [2.24, 2.45) is 17.6 Å². The highest BCUT2D eigenvalue weighted by molar-refractivity contribution is 7.89. The normalized spacial score (nSPS) is 23.5. The van der Waals surface area contributed by atoms with Crippen LogP contribution >= 0.6 is 12.4 Å². The molecule has 2 aliphatic rings. The Morgan fingerprint density at radius 2 is 1.79 bits per heavy atom. The molecule has 0 bridgehead atoms. The number of rotatable bonds is 6. The molecule has 0 spiro atoms. The second-order valence-corrected chi connectivity index (χ2v) is 8.35. The van der Waals surface area contributed by atoms with Gasteiger partial charge in [0, 0.05) is 24.2 Å². The third kappa shape index (κ3) is 4.92. The average molecular weight is 374 g/mol. The fourth-order valence-electron chi connectivity index (χ4n) is 2.85. The minimum atomic E-state index is -3.46. The number of sulfonamides is 1. The van der Waals surface area contributed by atoms with Crippen LogP contribution in [0.5, 0.6) is 0 Å². The second-order valence-electron chi connectivity index (χ2n) is 6.58. The summed E-state index contributed by atoms with van der Waals surface area (Å²) < 4.78 is 26.9. The molecular formula is C16H24ClN3O3S. The number of hydrogen-bond acceptors (Lipinski definition) is 4. The Labute approximate surface area is 149 Å². The van der Waals surface area contributed by atoms with Crippen LogP contribution < -0.4 is 15.8 Å². The highest BCUT2D eigenvalue weighted by Gasteiger charge is 2.28. The Morgan fingerprint density at radius 3 is 2.33 bits per heavy atom. The molecule has 0 aliphatic heterocycles. The molecule has 4 N–H and O–H groups in total. The van der Waals surface area contributed by atoms with Crippen molar-refractivity contribution in [1.29, 1.82) is 0 Å². The van der Waals surface area contributed by atoms with E-state index in [2.05, 4.69) is 10.0 Å². The first kappa shape index (κ1) is 19.2. The molecule has 2 unspecified atom stereocenters. The van der Waals surface area contributed by atoms with Crippen LogP contribution in [0.4, 0.5) is 5.69 Å². The van der Waals surface area contributed by atoms with Gasteiger partial charge in [-0.25, -0.2) is 13.1 Å². The van der Waals surface area contributed by atoms with E-state index >= 15 is 0 Å². The highest BCUT2D eigenvalue weighted by Crippen LogP contribution is 2.28. The Balaban J connectivity index is 0.00000208. The zero-order chi connectivity index (χ0) is 16.4. The van der Waals surface area contributed by atoms with E-state index in [-0.39, 0.29) is 35.2 Å². The van der Waals surface area contributed by atoms with Gasteiger partial charge in [0.1, 0.15) is 0 Å². The summed E-state index contributed by atoms with van der Waals surface area (Å²) in [6.45, 7) is 0.503. The van der Waals surface area contributed by atoms with E-state index in [0.29, 0.717) is 24.6 Å². The molecule has 2 saturated carbocycles. The largest absolute Gasteiger partial charge is 0.328 e. The molecule has 24 heavy (non-hydrogen) atoms. The molecule has 0 aromatic heterocycles. The Kier molecular flexibility index (Phi) is 6.25. The van der Waals surface area contributed by atoms with Gasteiger partial charge in [0.25, 0.3) is 0 Å². The van der Waals surface area contributed by atoms with Gasteiger partial charge in [-0.05, 0) is 62.3 Å². The van der Waals surface area contributed by atoms with Crippen molar-refractivity contribution >= 4 is 34.0 Å². The predicted molar refractivity (Wildman–Crippen MR) is 95.5 cm³/mol. The first-order valence-corrected chi connectivity index (χ1v) is 9.58. The fourth-order valence-corrected chi connectivity index (χ4v) is 3.97. The molecule has 3 rings (SSSR count). The molecule has 0 saturated heterocycles. The van der Waals surface area contributed by atoms with Crippen molar-refractivity contribution in [3.63, 3.8) is 0 Å². The van der Waals surface area contributed by atoms with Crippen LogP contribution in [0.25, 0.3) is 0 Å². The van der Waals surface area contributed by atoms with E-state index in [9.17, 15) is 13.2 Å². The Morgan fingerprint density at radius 1 is 1.12 bits per heavy atom. The lowest BCUT2D eigenvalue weighted by atomic mass is 10.1. The fraction of sp³-hybridized carbons (Fsp3) is 0.562. The number of amides is 1. The lowest BCUT2D eigenvalue weighted by molar-refractivity contribution is -0.119. The van der Waals surface area contributed by atoms with Gasteiger partial charge in [-0.3, -0.25) is 4.79 Å². The molecule has 134 valence electrons. The Bertz CT molecular complexity index is 674. The summed E-state index contributed by atoms with van der Waals surface area (Å²) in [7, 11) is -3.46. The van der Waals surface area contributed by atoms with Crippen LogP contribution in [0.2, 0.25) is 0 Å². The van der Waals surface area contributed by atoms with Crippen molar-refractivity contribution in [3.8, 4) is 0 Å². The number of anilines is 1. The summed E-state index contributed by atoms with van der Waals surface area (Å²) >= 11 is 0. The van der Waals surface area contributed by atoms with Gasteiger partial charge in [0.2, 0.25) is 15.9 Å². The highest BCUT2D eigenvalue weighted by atomic mass is 35.5. The monoisotopic (exact) mass is 373 g/mol. The van der Waals surface area contributed by atoms with Crippen LogP contribution in [-0.2, 0) is 14.8 Å². The third-order valence-electron chi connectivity index (χ3n) is 4.54. The summed E-state index contributed by atoms with van der Waals surface area (Å²) in [4.78, 5) is 12.4. The lowest BCUT2D eigenvalue weighted by Crippen LogP contribution is -2.26. The molecule has 1 aromatic rings. The number of nitrogens with one attached hydrogen (secondary N) is 2. The minimum absolute atomic E-state index is 0. The summed E-state index contributed by atoms with van der Waals surface area (Å²) in [6.07, 6.45) is 4.59. The number of nitrogens with two attached hydrogens (primary N) is 1. The SMILES string of the molecule is Cl.NC1CCC(C(=O)Nc2ccc(S(=O)(=O)NCC3CC3)cc2)C1. The number of halogens is 1. The first-order valence-electron chi connectivity index (χ1n) is 8.10. The summed E-state index contributed by atoms with van der Waals surface area (Å²) in [5.74, 6) is 0.398. The van der Waals surface area contributed by atoms with E-state index in [1.807, 2.05) is 0 Å². The van der Waals surface area contributed by atoms with E-state index < -0.39 is 10.0 Å². The molecular weight excluding hydrogens is 350 g/mol. The minimum Gasteiger partial charge on any atom is -0.328 e. The van der Waals surface area contributed by atoms with Gasteiger partial charge in [-0.2, -0.15) is 0 Å². The van der Waals surface area contributed by atoms with Crippen LogP contribution in [0.1, 0.15) is 32.1 Å². The van der Waals surface area contributed by atoms with E-state index in [0.717, 1.165) is 25.7 Å². The summed E-state index contributed by atoms with van der Waals surface area (Å²) in [5.41, 5.74) is 6.43. The van der Waals surface area contributed by atoms with Crippen LogP contribution in [0, 0.1) is 11.8 Å². The van der Waals surface area contributed by atoms with Crippen LogP contribution in [0.3, 0.4) is 0 Å². The van der Waals surface area contributed by atoms with E-state index in [1.165, 1.54) is 12.1 Å².